The molecule has 2 rings (SSSR count). The first-order valence-electron chi connectivity index (χ1n) is 5.73. The van der Waals surface area contributed by atoms with E-state index in [9.17, 15) is 18.3 Å². The molecule has 1 N–H and O–H groups in total. The lowest BCUT2D eigenvalue weighted by molar-refractivity contribution is -0.138. The summed E-state index contributed by atoms with van der Waals surface area (Å²) in [6.07, 6.45) is -5.25. The Bertz CT molecular complexity index is 612. The fourth-order valence-electron chi connectivity index (χ4n) is 1.75. The Balaban J connectivity index is 2.24. The minimum absolute atomic E-state index is 0.0361. The first-order valence-corrected chi connectivity index (χ1v) is 7.40. The Hall–Kier alpha value is -0.920. The van der Waals surface area contributed by atoms with Crippen LogP contribution in [0.5, 0.6) is 0 Å². The number of benzene rings is 1. The lowest BCUT2D eigenvalue weighted by Gasteiger charge is -2.14. The van der Waals surface area contributed by atoms with Crippen molar-refractivity contribution in [3.8, 4) is 0 Å². The van der Waals surface area contributed by atoms with Crippen molar-refractivity contribution in [3.05, 3.63) is 49.9 Å². The number of hydrogen-bond acceptors (Lipinski definition) is 3. The number of alkyl halides is 3. The number of aryl methyl sites for hydroxylation is 1. The zero-order valence-electron chi connectivity index (χ0n) is 10.4. The number of halogens is 4. The molecule has 1 unspecified atom stereocenters. The third kappa shape index (κ3) is 3.59. The van der Waals surface area contributed by atoms with Crippen LogP contribution in [0.2, 0.25) is 0 Å². The van der Waals surface area contributed by atoms with Crippen LogP contribution in [0, 0.1) is 6.92 Å². The average Bonchev–Trinajstić information content (AvgIpc) is 2.73. The highest BCUT2D eigenvalue weighted by Crippen LogP contribution is 2.36. The first-order chi connectivity index (χ1) is 9.27. The smallest absolute Gasteiger partial charge is 0.388 e. The molecule has 1 aromatic carbocycles. The van der Waals surface area contributed by atoms with E-state index in [0.29, 0.717) is 5.01 Å². The molecule has 0 bridgehead atoms. The Morgan fingerprint density at radius 2 is 2.10 bits per heavy atom. The fraction of sp³-hybridized carbons (Fsp3) is 0.308. The lowest BCUT2D eigenvalue weighted by Crippen LogP contribution is -2.09. The lowest BCUT2D eigenvalue weighted by atomic mass is 10.0. The zero-order valence-corrected chi connectivity index (χ0v) is 12.8. The molecule has 20 heavy (non-hydrogen) atoms. The standard InChI is InChI=1S/C13H11BrF3NOS/c1-7-6-20-12(18-7)5-11(19)8-2-3-10(14)9(4-8)13(15,16)17/h2-4,6,11,19H,5H2,1H3. The van der Waals surface area contributed by atoms with E-state index in [1.807, 2.05) is 12.3 Å². The molecule has 0 aliphatic rings. The summed E-state index contributed by atoms with van der Waals surface area (Å²) in [6.45, 7) is 1.83. The van der Waals surface area contributed by atoms with Gasteiger partial charge in [0.1, 0.15) is 0 Å². The zero-order chi connectivity index (χ0) is 14.9. The van der Waals surface area contributed by atoms with Crippen molar-refractivity contribution in [2.45, 2.75) is 25.6 Å². The number of aromatic nitrogens is 1. The van der Waals surface area contributed by atoms with Gasteiger partial charge in [0, 0.05) is 22.0 Å². The molecule has 108 valence electrons. The second-order valence-electron chi connectivity index (χ2n) is 4.34. The SMILES string of the molecule is Cc1csc(CC(O)c2ccc(Br)c(C(F)(F)F)c2)n1. The number of hydrogen-bond donors (Lipinski definition) is 1. The molecule has 0 spiro atoms. The number of aliphatic hydroxyl groups excluding tert-OH is 1. The molecule has 0 saturated heterocycles. The Morgan fingerprint density at radius 3 is 2.65 bits per heavy atom. The molecule has 7 heteroatoms. The van der Waals surface area contributed by atoms with Crippen LogP contribution >= 0.6 is 27.3 Å². The van der Waals surface area contributed by atoms with Gasteiger partial charge in [-0.25, -0.2) is 4.98 Å². The summed E-state index contributed by atoms with van der Waals surface area (Å²) in [6, 6.07) is 3.74. The van der Waals surface area contributed by atoms with Gasteiger partial charge in [0.25, 0.3) is 0 Å². The van der Waals surface area contributed by atoms with Crippen molar-refractivity contribution in [2.24, 2.45) is 0 Å². The normalized spacial score (nSPS) is 13.5. The third-order valence-electron chi connectivity index (χ3n) is 2.72. The molecule has 2 nitrogen and oxygen atoms in total. The maximum atomic E-state index is 12.8. The number of rotatable bonds is 3. The van der Waals surface area contributed by atoms with Crippen LogP contribution in [-0.4, -0.2) is 10.1 Å². The van der Waals surface area contributed by atoms with Crippen LogP contribution in [0.15, 0.2) is 28.1 Å². The van der Waals surface area contributed by atoms with Crippen LogP contribution < -0.4 is 0 Å². The van der Waals surface area contributed by atoms with Gasteiger partial charge in [0.15, 0.2) is 0 Å². The van der Waals surface area contributed by atoms with Gasteiger partial charge in [-0.15, -0.1) is 11.3 Å². The van der Waals surface area contributed by atoms with Crippen LogP contribution in [0.3, 0.4) is 0 Å². The highest BCUT2D eigenvalue weighted by atomic mass is 79.9. The van der Waals surface area contributed by atoms with E-state index >= 15 is 0 Å². The Morgan fingerprint density at radius 1 is 1.40 bits per heavy atom. The van der Waals surface area contributed by atoms with Crippen LogP contribution in [0.25, 0.3) is 0 Å². The van der Waals surface area contributed by atoms with Gasteiger partial charge in [0.05, 0.1) is 16.7 Å². The molecular weight excluding hydrogens is 355 g/mol. The van der Waals surface area contributed by atoms with E-state index in [4.69, 9.17) is 0 Å². The van der Waals surface area contributed by atoms with Gasteiger partial charge in [0.2, 0.25) is 0 Å². The summed E-state index contributed by atoms with van der Waals surface area (Å²) < 4.78 is 38.4. The second-order valence-corrected chi connectivity index (χ2v) is 6.14. The molecule has 0 amide bonds. The van der Waals surface area contributed by atoms with E-state index in [2.05, 4.69) is 20.9 Å². The largest absolute Gasteiger partial charge is 0.417 e. The van der Waals surface area contributed by atoms with Crippen molar-refractivity contribution < 1.29 is 18.3 Å². The van der Waals surface area contributed by atoms with Crippen LogP contribution in [0.1, 0.15) is 27.9 Å². The first kappa shape index (κ1) is 15.5. The quantitative estimate of drug-likeness (QED) is 0.867. The number of nitrogens with zero attached hydrogens (tertiary/aromatic N) is 1. The molecule has 0 aliphatic carbocycles. The predicted octanol–water partition coefficient (Wildman–Crippen LogP) is 4.51. The fourth-order valence-corrected chi connectivity index (χ4v) is 3.03. The van der Waals surface area contributed by atoms with Crippen molar-refractivity contribution in [1.82, 2.24) is 4.98 Å². The second kappa shape index (κ2) is 5.83. The summed E-state index contributed by atoms with van der Waals surface area (Å²) in [5, 5.41) is 12.6. The van der Waals surface area contributed by atoms with Crippen molar-refractivity contribution in [3.63, 3.8) is 0 Å². The molecular formula is C13H11BrF3NOS. The average molecular weight is 366 g/mol. The molecule has 0 aliphatic heterocycles. The number of aliphatic hydroxyl groups is 1. The van der Waals surface area contributed by atoms with Crippen LogP contribution in [0.4, 0.5) is 13.2 Å². The van der Waals surface area contributed by atoms with E-state index in [1.54, 1.807) is 0 Å². The van der Waals surface area contributed by atoms with Crippen molar-refractivity contribution in [1.29, 1.82) is 0 Å². The van der Waals surface area contributed by atoms with Crippen LogP contribution in [-0.2, 0) is 12.6 Å². The summed E-state index contributed by atoms with van der Waals surface area (Å²) in [4.78, 5) is 4.19. The minimum Gasteiger partial charge on any atom is -0.388 e. The maximum Gasteiger partial charge on any atom is 0.417 e. The highest BCUT2D eigenvalue weighted by Gasteiger charge is 2.33. The van der Waals surface area contributed by atoms with Crippen molar-refractivity contribution in [2.75, 3.05) is 0 Å². The third-order valence-corrected chi connectivity index (χ3v) is 4.40. The van der Waals surface area contributed by atoms with Crippen molar-refractivity contribution >= 4 is 27.3 Å². The van der Waals surface area contributed by atoms with Gasteiger partial charge < -0.3 is 5.11 Å². The van der Waals surface area contributed by atoms with E-state index < -0.39 is 17.8 Å². The predicted molar refractivity (Wildman–Crippen MR) is 74.7 cm³/mol. The number of thiazole rings is 1. The monoisotopic (exact) mass is 365 g/mol. The topological polar surface area (TPSA) is 33.1 Å². The molecule has 1 aromatic heterocycles. The molecule has 0 radical (unpaired) electrons. The van der Waals surface area contributed by atoms with Gasteiger partial charge in [-0.3, -0.25) is 0 Å². The van der Waals surface area contributed by atoms with E-state index in [0.717, 1.165) is 11.8 Å². The van der Waals surface area contributed by atoms with Gasteiger partial charge in [-0.1, -0.05) is 22.0 Å². The molecule has 1 heterocycles. The summed E-state index contributed by atoms with van der Waals surface area (Å²) in [7, 11) is 0. The maximum absolute atomic E-state index is 12.8. The van der Waals surface area contributed by atoms with Gasteiger partial charge >= 0.3 is 6.18 Å². The molecule has 1 atom stereocenters. The Labute approximate surface area is 126 Å². The molecule has 0 saturated carbocycles. The highest BCUT2D eigenvalue weighted by molar-refractivity contribution is 9.10. The van der Waals surface area contributed by atoms with Gasteiger partial charge in [-0.05, 0) is 24.6 Å². The molecule has 2 aromatic rings. The summed E-state index contributed by atoms with van der Waals surface area (Å²) >= 11 is 4.26. The summed E-state index contributed by atoms with van der Waals surface area (Å²) in [5.74, 6) is 0. The minimum atomic E-state index is -4.45. The molecule has 0 fully saturated rings. The Kier molecular flexibility index (Phi) is 4.51. The summed E-state index contributed by atoms with van der Waals surface area (Å²) in [5.41, 5.74) is 0.279. The van der Waals surface area contributed by atoms with Gasteiger partial charge in [-0.2, -0.15) is 13.2 Å². The van der Waals surface area contributed by atoms with E-state index in [1.165, 1.54) is 23.5 Å². The van der Waals surface area contributed by atoms with E-state index in [-0.39, 0.29) is 16.5 Å².